The number of rotatable bonds is 9. The van der Waals surface area contributed by atoms with E-state index in [9.17, 15) is 9.90 Å². The molecule has 0 aliphatic carbocycles. The van der Waals surface area contributed by atoms with E-state index in [2.05, 4.69) is 28.6 Å². The summed E-state index contributed by atoms with van der Waals surface area (Å²) in [5, 5.41) is 12.2. The van der Waals surface area contributed by atoms with Gasteiger partial charge >= 0.3 is 0 Å². The van der Waals surface area contributed by atoms with Crippen molar-refractivity contribution in [1.29, 1.82) is 0 Å². The number of aliphatic hydroxyl groups is 1. The predicted octanol–water partition coefficient (Wildman–Crippen LogP) is 8.36. The Balaban J connectivity index is 2.54. The number of ether oxygens (including phenoxy) is 1. The van der Waals surface area contributed by atoms with Crippen LogP contribution in [0.5, 0.6) is 0 Å². The number of hydrogen-bond acceptors (Lipinski definition) is 4. The first-order chi connectivity index (χ1) is 15.8. The zero-order valence-electron chi connectivity index (χ0n) is 21.2. The van der Waals surface area contributed by atoms with Gasteiger partial charge in [-0.25, -0.2) is 4.39 Å². The molecule has 8 heteroatoms. The van der Waals surface area contributed by atoms with Gasteiger partial charge in [0.05, 0.1) is 5.60 Å². The summed E-state index contributed by atoms with van der Waals surface area (Å²) in [7, 11) is 0. The van der Waals surface area contributed by atoms with E-state index in [1.807, 2.05) is 20.8 Å². The van der Waals surface area contributed by atoms with Gasteiger partial charge in [-0.05, 0) is 82.5 Å². The number of benzene rings is 2. The number of carbonyl (C=O) groups excluding carboxylic acids is 1. The van der Waals surface area contributed by atoms with E-state index < -0.39 is 27.5 Å². The maximum Gasteiger partial charge on any atom is 0.189 e. The highest BCUT2D eigenvalue weighted by Gasteiger charge is 2.50. The first-order valence-corrected chi connectivity index (χ1v) is 13.4. The number of carbonyl (C=O) groups is 1. The molecule has 194 valence electrons. The van der Waals surface area contributed by atoms with Crippen LogP contribution in [0.1, 0.15) is 76.4 Å². The van der Waals surface area contributed by atoms with Gasteiger partial charge in [-0.15, -0.1) is 0 Å². The summed E-state index contributed by atoms with van der Waals surface area (Å²) in [5.74, 6) is -0.191. The molecule has 0 fully saturated rings. The Hall–Kier alpha value is -0.630. The van der Waals surface area contributed by atoms with Gasteiger partial charge < -0.3 is 9.84 Å². The quantitative estimate of drug-likeness (QED) is 0.222. The molecule has 0 bridgehead atoms. The average molecular weight is 608 g/mol. The van der Waals surface area contributed by atoms with Gasteiger partial charge in [0.15, 0.2) is 5.78 Å². The van der Waals surface area contributed by atoms with Gasteiger partial charge in [0.2, 0.25) is 0 Å². The Morgan fingerprint density at radius 2 is 1.60 bits per heavy atom. The van der Waals surface area contributed by atoms with Gasteiger partial charge in [0.1, 0.15) is 17.9 Å². The minimum atomic E-state index is -1.75. The molecule has 3 atom stereocenters. The fourth-order valence-corrected chi connectivity index (χ4v) is 5.29. The largest absolute Gasteiger partial charge is 0.384 e. The highest BCUT2D eigenvalue weighted by Crippen LogP contribution is 2.49. The number of hydrogen-bond donors (Lipinski definition) is 2. The number of ketones is 1. The molecular formula is C27H34BrCl2FO3S. The van der Waals surface area contributed by atoms with E-state index in [0.29, 0.717) is 31.2 Å². The monoisotopic (exact) mass is 606 g/mol. The second-order valence-corrected chi connectivity index (χ2v) is 13.3. The third-order valence-electron chi connectivity index (χ3n) is 6.53. The van der Waals surface area contributed by atoms with Crippen LogP contribution in [0.25, 0.3) is 0 Å². The first kappa shape index (κ1) is 30.6. The van der Waals surface area contributed by atoms with E-state index in [4.69, 9.17) is 27.9 Å². The molecule has 0 saturated carbocycles. The van der Waals surface area contributed by atoms with Gasteiger partial charge in [-0.2, -0.15) is 12.6 Å². The molecule has 2 rings (SSSR count). The van der Waals surface area contributed by atoms with E-state index in [0.717, 1.165) is 0 Å². The summed E-state index contributed by atoms with van der Waals surface area (Å²) < 4.78 is 22.0. The number of thiol groups is 1. The number of Topliss-reactive ketones (excluding diaryl/α,β-unsaturated/α-hetero) is 1. The normalized spacial score (nSPS) is 16.9. The molecule has 0 spiro atoms. The van der Waals surface area contributed by atoms with E-state index in [1.165, 1.54) is 13.8 Å². The molecule has 1 N–H and O–H groups in total. The van der Waals surface area contributed by atoms with Crippen molar-refractivity contribution in [3.63, 3.8) is 0 Å². The molecule has 0 radical (unpaired) electrons. The van der Waals surface area contributed by atoms with Crippen LogP contribution in [-0.2, 0) is 15.8 Å². The SMILES string of the molecule is CC(S)C(O)(CC(C)(c1cc(Cl)cc(Cl)c1)C(C)(C)F)c1ccc(C(=O)COC(C)(C)C)c(Br)c1. The summed E-state index contributed by atoms with van der Waals surface area (Å²) >= 11 is 20.6. The first-order valence-electron chi connectivity index (χ1n) is 11.3. The molecule has 3 nitrogen and oxygen atoms in total. The van der Waals surface area contributed by atoms with Crippen molar-refractivity contribution in [2.75, 3.05) is 6.61 Å². The van der Waals surface area contributed by atoms with Crippen LogP contribution in [0.3, 0.4) is 0 Å². The van der Waals surface area contributed by atoms with Crippen molar-refractivity contribution in [1.82, 2.24) is 0 Å². The van der Waals surface area contributed by atoms with Crippen molar-refractivity contribution in [3.05, 3.63) is 67.6 Å². The van der Waals surface area contributed by atoms with E-state index in [1.54, 1.807) is 50.2 Å². The Labute approximate surface area is 232 Å². The Kier molecular flexibility index (Phi) is 9.62. The molecule has 2 aromatic carbocycles. The van der Waals surface area contributed by atoms with Gasteiger partial charge in [0, 0.05) is 30.7 Å². The van der Waals surface area contributed by atoms with Crippen LogP contribution >= 0.6 is 51.8 Å². The second-order valence-electron chi connectivity index (χ2n) is 10.8. The van der Waals surface area contributed by atoms with Gasteiger partial charge in [0.25, 0.3) is 0 Å². The molecule has 2 aromatic rings. The van der Waals surface area contributed by atoms with E-state index >= 15 is 4.39 Å². The van der Waals surface area contributed by atoms with Crippen LogP contribution in [0.4, 0.5) is 4.39 Å². The summed E-state index contributed by atoms with van der Waals surface area (Å²) in [6.07, 6.45) is -0.0162. The van der Waals surface area contributed by atoms with Crippen molar-refractivity contribution in [2.45, 2.75) is 82.4 Å². The van der Waals surface area contributed by atoms with Crippen LogP contribution in [0.2, 0.25) is 10.0 Å². The summed E-state index contributed by atoms with van der Waals surface area (Å²) in [5.41, 5.74) is -3.44. The average Bonchev–Trinajstić information content (AvgIpc) is 2.69. The maximum absolute atomic E-state index is 15.8. The predicted molar refractivity (Wildman–Crippen MR) is 150 cm³/mol. The van der Waals surface area contributed by atoms with Crippen molar-refractivity contribution >= 4 is 57.5 Å². The maximum atomic E-state index is 15.8. The summed E-state index contributed by atoms with van der Waals surface area (Å²) in [4.78, 5) is 12.7. The third kappa shape index (κ3) is 7.24. The topological polar surface area (TPSA) is 46.5 Å². The zero-order chi connectivity index (χ0) is 27.0. The minimum Gasteiger partial charge on any atom is -0.384 e. The lowest BCUT2D eigenvalue weighted by molar-refractivity contribution is -0.0283. The Morgan fingerprint density at radius 1 is 1.06 bits per heavy atom. The number of alkyl halides is 1. The van der Waals surface area contributed by atoms with Gasteiger partial charge in [-0.3, -0.25) is 4.79 Å². The highest BCUT2D eigenvalue weighted by molar-refractivity contribution is 9.10. The van der Waals surface area contributed by atoms with Crippen LogP contribution < -0.4 is 0 Å². The Bertz CT molecular complexity index is 1060. The molecule has 35 heavy (non-hydrogen) atoms. The number of halogens is 4. The fraction of sp³-hybridized carbons (Fsp3) is 0.519. The van der Waals surface area contributed by atoms with Crippen LogP contribution in [0.15, 0.2) is 40.9 Å². The van der Waals surface area contributed by atoms with Crippen molar-refractivity contribution in [2.24, 2.45) is 0 Å². The van der Waals surface area contributed by atoms with Crippen LogP contribution in [-0.4, -0.2) is 34.0 Å². The molecule has 0 aromatic heterocycles. The second kappa shape index (κ2) is 11.0. The third-order valence-corrected chi connectivity index (χ3v) is 8.05. The molecule has 3 unspecified atom stereocenters. The lowest BCUT2D eigenvalue weighted by atomic mass is 9.63. The zero-order valence-corrected chi connectivity index (χ0v) is 25.2. The molecule has 0 saturated heterocycles. The van der Waals surface area contributed by atoms with Crippen LogP contribution in [0, 0.1) is 0 Å². The standard InChI is InChI=1S/C27H34BrCl2FO3S/c1-16(35)27(33,15-26(7,25(5,6)31)18-10-19(29)13-20(30)11-18)17-8-9-21(22(28)12-17)23(32)14-34-24(2,3)4/h8-13,16,33,35H,14-15H2,1-7H3. The highest BCUT2D eigenvalue weighted by atomic mass is 79.9. The lowest BCUT2D eigenvalue weighted by Crippen LogP contribution is -2.50. The Morgan fingerprint density at radius 3 is 2.03 bits per heavy atom. The van der Waals surface area contributed by atoms with Crippen molar-refractivity contribution < 1.29 is 19.0 Å². The molecule has 0 amide bonds. The fourth-order valence-electron chi connectivity index (χ4n) is 3.93. The molecular weight excluding hydrogens is 574 g/mol. The summed E-state index contributed by atoms with van der Waals surface area (Å²) in [6.45, 7) is 12.0. The molecule has 0 aliphatic heterocycles. The van der Waals surface area contributed by atoms with Crippen molar-refractivity contribution in [3.8, 4) is 0 Å². The molecule has 0 aliphatic rings. The molecule has 0 heterocycles. The van der Waals surface area contributed by atoms with Gasteiger partial charge in [-0.1, -0.05) is 59.0 Å². The lowest BCUT2D eigenvalue weighted by Gasteiger charge is -2.46. The van der Waals surface area contributed by atoms with E-state index in [-0.39, 0.29) is 18.8 Å². The minimum absolute atomic E-state index is 0.0162. The summed E-state index contributed by atoms with van der Waals surface area (Å²) in [6, 6.07) is 9.94. The smallest absolute Gasteiger partial charge is 0.189 e.